The zero-order chi connectivity index (χ0) is 29.9. The summed E-state index contributed by atoms with van der Waals surface area (Å²) in [6, 6.07) is 14.9. The molecule has 1 spiro atoms. The molecule has 1 aliphatic heterocycles. The van der Waals surface area contributed by atoms with Gasteiger partial charge >= 0.3 is 0 Å². The number of nitrogens with one attached hydrogen (secondary N) is 1. The van der Waals surface area contributed by atoms with Crippen LogP contribution in [0.25, 0.3) is 11.1 Å². The van der Waals surface area contributed by atoms with E-state index in [4.69, 9.17) is 14.3 Å². The summed E-state index contributed by atoms with van der Waals surface area (Å²) in [7, 11) is 4.24. The van der Waals surface area contributed by atoms with Crippen LogP contribution >= 0.6 is 11.9 Å². The maximum absolute atomic E-state index is 13.8. The summed E-state index contributed by atoms with van der Waals surface area (Å²) >= 11 is 1.52. The Labute approximate surface area is 256 Å². The van der Waals surface area contributed by atoms with Crippen LogP contribution in [0, 0.1) is 13.8 Å². The van der Waals surface area contributed by atoms with Gasteiger partial charge < -0.3 is 14.0 Å². The van der Waals surface area contributed by atoms with E-state index in [1.807, 2.05) is 31.7 Å². The van der Waals surface area contributed by atoms with Gasteiger partial charge in [0.05, 0.1) is 6.54 Å². The molecule has 0 radical (unpaired) electrons. The van der Waals surface area contributed by atoms with Crippen molar-refractivity contribution in [1.82, 2.24) is 10.1 Å². The summed E-state index contributed by atoms with van der Waals surface area (Å²) in [4.78, 5) is 21.9. The number of rotatable bonds is 12. The molecule has 1 aliphatic carbocycles. The van der Waals surface area contributed by atoms with E-state index in [9.17, 15) is 4.79 Å². The predicted octanol–water partition coefficient (Wildman–Crippen LogP) is 5.73. The van der Waals surface area contributed by atoms with Gasteiger partial charge in [-0.1, -0.05) is 67.7 Å². The first kappa shape index (κ1) is 30.5. The number of benzene rings is 2. The molecule has 1 saturated carbocycles. The van der Waals surface area contributed by atoms with Crippen molar-refractivity contribution in [1.29, 1.82) is 0 Å². The fourth-order valence-corrected chi connectivity index (χ4v) is 6.97. The Morgan fingerprint density at radius 3 is 2.57 bits per heavy atom. The minimum atomic E-state index is -0.536. The molecule has 10 heteroatoms. The molecule has 220 valence electrons. The first-order valence-corrected chi connectivity index (χ1v) is 16.1. The lowest BCUT2D eigenvalue weighted by Crippen LogP contribution is -2.40. The highest BCUT2D eigenvalue weighted by molar-refractivity contribution is 8.00. The average Bonchev–Trinajstić information content (AvgIpc) is 3.66. The summed E-state index contributed by atoms with van der Waals surface area (Å²) in [5.74, 6) is 2.69. The van der Waals surface area contributed by atoms with Gasteiger partial charge in [0.1, 0.15) is 32.8 Å². The smallest absolute Gasteiger partial charge is 0.256 e. The standard InChI is InChI=1S/C32H42B2N4O3S/c1-5-7-14-28-35-31(17-10-11-18-31)30(39)38(28)20-23-15-16-24(26(19-23)32(33,34)40-6-2)25-12-8-9-13-27(25)42-37-29-21(3)22(4)41-36-29/h8-9,12-13,15-16,19H,5-7,10-11,14,17-18,20,33-34H2,1-4H3,(H,36,37). The summed E-state index contributed by atoms with van der Waals surface area (Å²) in [6.07, 6.45) is 6.86. The van der Waals surface area contributed by atoms with Crippen LogP contribution in [0.3, 0.4) is 0 Å². The van der Waals surface area contributed by atoms with Gasteiger partial charge in [-0.2, -0.15) is 0 Å². The Morgan fingerprint density at radius 1 is 1.12 bits per heavy atom. The highest BCUT2D eigenvalue weighted by atomic mass is 32.2. The molecular formula is C32H42B2N4O3S. The maximum Gasteiger partial charge on any atom is 0.256 e. The third-order valence-corrected chi connectivity index (χ3v) is 9.52. The van der Waals surface area contributed by atoms with Crippen LogP contribution in [0.1, 0.15) is 81.2 Å². The first-order valence-electron chi connectivity index (χ1n) is 15.3. The summed E-state index contributed by atoms with van der Waals surface area (Å²) in [5.41, 5.74) is 4.87. The Morgan fingerprint density at radius 2 is 1.88 bits per heavy atom. The number of aryl methyl sites for hydroxylation is 1. The van der Waals surface area contributed by atoms with Crippen LogP contribution in [0.4, 0.5) is 5.82 Å². The summed E-state index contributed by atoms with van der Waals surface area (Å²) in [6.45, 7) is 9.26. The Hall–Kier alpha value is -2.97. The minimum Gasteiger partial charge on any atom is -0.389 e. The number of hydrogen-bond acceptors (Lipinski definition) is 7. The van der Waals surface area contributed by atoms with Gasteiger partial charge in [-0.3, -0.25) is 14.7 Å². The third kappa shape index (κ3) is 6.06. The van der Waals surface area contributed by atoms with E-state index in [-0.39, 0.29) is 5.91 Å². The van der Waals surface area contributed by atoms with Crippen molar-refractivity contribution in [2.75, 3.05) is 11.3 Å². The van der Waals surface area contributed by atoms with E-state index in [1.165, 1.54) is 11.9 Å². The molecule has 0 saturated heterocycles. The molecule has 7 nitrogen and oxygen atoms in total. The van der Waals surface area contributed by atoms with Gasteiger partial charge in [0, 0.05) is 28.9 Å². The lowest BCUT2D eigenvalue weighted by Gasteiger charge is -2.30. The number of unbranched alkanes of at least 4 members (excludes halogenated alkanes) is 1. The second kappa shape index (κ2) is 12.7. The monoisotopic (exact) mass is 584 g/mol. The van der Waals surface area contributed by atoms with E-state index < -0.39 is 10.9 Å². The van der Waals surface area contributed by atoms with Crippen molar-refractivity contribution >= 4 is 45.2 Å². The number of nitrogens with zero attached hydrogens (tertiary/aromatic N) is 3. The zero-order valence-electron chi connectivity index (χ0n) is 25.9. The number of carbonyl (C=O) groups excluding carboxylic acids is 1. The largest absolute Gasteiger partial charge is 0.389 e. The zero-order valence-corrected chi connectivity index (χ0v) is 26.7. The van der Waals surface area contributed by atoms with Crippen molar-refractivity contribution < 1.29 is 14.1 Å². The number of aromatic nitrogens is 1. The Balaban J connectivity index is 1.49. The van der Waals surface area contributed by atoms with E-state index in [2.05, 4.69) is 68.9 Å². The van der Waals surface area contributed by atoms with Gasteiger partial charge in [0.25, 0.3) is 5.91 Å². The third-order valence-electron chi connectivity index (χ3n) is 8.65. The Kier molecular flexibility index (Phi) is 9.23. The molecular weight excluding hydrogens is 542 g/mol. The number of aliphatic imine (C=N–C) groups is 1. The van der Waals surface area contributed by atoms with E-state index in [0.29, 0.717) is 13.2 Å². The molecule has 2 aliphatic rings. The number of amides is 1. The maximum atomic E-state index is 13.8. The number of anilines is 1. The fourth-order valence-electron chi connectivity index (χ4n) is 6.14. The molecule has 2 heterocycles. The normalized spacial score (nSPS) is 16.4. The van der Waals surface area contributed by atoms with Crippen molar-refractivity contribution in [3.63, 3.8) is 0 Å². The van der Waals surface area contributed by atoms with Gasteiger partial charge in [0.15, 0.2) is 5.82 Å². The van der Waals surface area contributed by atoms with Crippen LogP contribution in [0.15, 0.2) is 56.9 Å². The highest BCUT2D eigenvalue weighted by Crippen LogP contribution is 2.41. The van der Waals surface area contributed by atoms with Crippen LogP contribution in [-0.4, -0.2) is 49.6 Å². The fraction of sp³-hybridized carbons (Fsp3) is 0.469. The van der Waals surface area contributed by atoms with Gasteiger partial charge in [0.2, 0.25) is 0 Å². The number of hydrogen-bond donors (Lipinski definition) is 1. The lowest BCUT2D eigenvalue weighted by atomic mass is 9.59. The average molecular weight is 584 g/mol. The second-order valence-corrected chi connectivity index (χ2v) is 12.8. The van der Waals surface area contributed by atoms with Gasteiger partial charge in [-0.25, -0.2) is 0 Å². The van der Waals surface area contributed by atoms with E-state index in [1.54, 1.807) is 0 Å². The predicted molar refractivity (Wildman–Crippen MR) is 176 cm³/mol. The van der Waals surface area contributed by atoms with Crippen LogP contribution < -0.4 is 4.72 Å². The molecule has 1 N–H and O–H groups in total. The highest BCUT2D eigenvalue weighted by Gasteiger charge is 2.49. The number of amidine groups is 1. The van der Waals surface area contributed by atoms with Gasteiger partial charge in [-0.05, 0) is 80.3 Å². The first-order chi connectivity index (χ1) is 20.2. The second-order valence-electron chi connectivity index (χ2n) is 12.0. The molecule has 0 bridgehead atoms. The van der Waals surface area contributed by atoms with Crippen molar-refractivity contribution in [3.05, 3.63) is 64.9 Å². The lowest BCUT2D eigenvalue weighted by molar-refractivity contribution is -0.131. The quantitative estimate of drug-likeness (QED) is 0.216. The van der Waals surface area contributed by atoms with Crippen LogP contribution in [0.5, 0.6) is 0 Å². The molecule has 42 heavy (non-hydrogen) atoms. The summed E-state index contributed by atoms with van der Waals surface area (Å²) in [5, 5.41) is 3.63. The van der Waals surface area contributed by atoms with Crippen molar-refractivity contribution in [2.24, 2.45) is 4.99 Å². The molecule has 1 amide bonds. The SMILES string of the molecule is BC(B)(OCC)c1cc(CN2C(=O)C3(CCCC3)N=C2CCCC)ccc1-c1ccccc1SNc1noc(C)c1C. The Bertz CT molecular complexity index is 1470. The topological polar surface area (TPSA) is 80.0 Å². The van der Waals surface area contributed by atoms with E-state index >= 15 is 0 Å². The molecule has 3 aromatic rings. The summed E-state index contributed by atoms with van der Waals surface area (Å²) < 4.78 is 15.0. The number of ether oxygens (including phenoxy) is 1. The number of carbonyl (C=O) groups is 1. The molecule has 0 atom stereocenters. The molecule has 5 rings (SSSR count). The van der Waals surface area contributed by atoms with E-state index in [0.717, 1.165) is 95.1 Å². The van der Waals surface area contributed by atoms with Crippen LogP contribution in [-0.2, 0) is 21.5 Å². The van der Waals surface area contributed by atoms with Crippen molar-refractivity contribution in [2.45, 2.75) is 95.0 Å². The molecule has 2 aromatic carbocycles. The van der Waals surface area contributed by atoms with Gasteiger partial charge in [-0.15, -0.1) is 0 Å². The minimum absolute atomic E-state index is 0.187. The van der Waals surface area contributed by atoms with Crippen LogP contribution in [0.2, 0.25) is 0 Å². The molecule has 1 fully saturated rings. The van der Waals surface area contributed by atoms with Crippen molar-refractivity contribution in [3.8, 4) is 11.1 Å². The molecule has 1 aromatic heterocycles. The molecule has 0 unspecified atom stereocenters.